The number of amides is 2. The molecule has 0 bridgehead atoms. The molecule has 6 heteroatoms. The van der Waals surface area contributed by atoms with Crippen LogP contribution in [0.4, 0.5) is 10.5 Å². The van der Waals surface area contributed by atoms with E-state index in [1.807, 2.05) is 32.9 Å². The predicted octanol–water partition coefficient (Wildman–Crippen LogP) is 3.16. The van der Waals surface area contributed by atoms with Crippen LogP contribution < -0.4 is 16.0 Å². The summed E-state index contributed by atoms with van der Waals surface area (Å²) in [6, 6.07) is 5.30. The molecule has 0 saturated carbocycles. The molecule has 1 rings (SSSR count). The van der Waals surface area contributed by atoms with E-state index in [0.717, 1.165) is 24.1 Å². The highest BCUT2D eigenvalue weighted by atomic mass is 35.5. The first-order valence-electron chi connectivity index (χ1n) is 7.20. The molecule has 0 radical (unpaired) electrons. The predicted molar refractivity (Wildman–Crippen MR) is 89.2 cm³/mol. The third kappa shape index (κ3) is 4.63. The summed E-state index contributed by atoms with van der Waals surface area (Å²) in [6.07, 6.45) is 1.66. The molecule has 0 atom stereocenters. The molecule has 0 heterocycles. The van der Waals surface area contributed by atoms with Gasteiger partial charge >= 0.3 is 6.03 Å². The standard InChI is InChI=1S/C15H23ClN4O/c1-4-10-18-14(17)19-15(21)20(6-3)13-11(5-2)8-7-9-12(13)16/h7-9H,4-6,10H2,1-3H3,(H3,17,18,19,21). The lowest BCUT2D eigenvalue weighted by molar-refractivity contribution is 0.250. The summed E-state index contributed by atoms with van der Waals surface area (Å²) in [4.78, 5) is 18.0. The zero-order valence-electron chi connectivity index (χ0n) is 12.8. The number of hydrogen-bond acceptors (Lipinski definition) is 2. The fraction of sp³-hybridized carbons (Fsp3) is 0.467. The van der Waals surface area contributed by atoms with Crippen molar-refractivity contribution in [2.24, 2.45) is 10.7 Å². The van der Waals surface area contributed by atoms with E-state index in [9.17, 15) is 4.79 Å². The molecule has 1 aromatic rings. The lowest BCUT2D eigenvalue weighted by Gasteiger charge is -2.24. The van der Waals surface area contributed by atoms with E-state index in [1.54, 1.807) is 11.0 Å². The number of nitrogens with two attached hydrogens (primary N) is 1. The molecule has 3 N–H and O–H groups in total. The maximum absolute atomic E-state index is 12.4. The molecule has 0 saturated heterocycles. The Morgan fingerprint density at radius 1 is 1.38 bits per heavy atom. The lowest BCUT2D eigenvalue weighted by atomic mass is 10.1. The van der Waals surface area contributed by atoms with E-state index >= 15 is 0 Å². The number of urea groups is 1. The average Bonchev–Trinajstić information content (AvgIpc) is 2.47. The highest BCUT2D eigenvalue weighted by Crippen LogP contribution is 2.30. The topological polar surface area (TPSA) is 70.7 Å². The first-order chi connectivity index (χ1) is 10.0. The van der Waals surface area contributed by atoms with E-state index in [1.165, 1.54) is 0 Å². The number of rotatable bonds is 5. The molecule has 1 aromatic carbocycles. The minimum atomic E-state index is -0.322. The molecule has 2 amide bonds. The number of anilines is 1. The highest BCUT2D eigenvalue weighted by molar-refractivity contribution is 6.34. The largest absolute Gasteiger partial charge is 0.370 e. The van der Waals surface area contributed by atoms with Crippen molar-refractivity contribution >= 4 is 29.3 Å². The van der Waals surface area contributed by atoms with Crippen LogP contribution in [0.3, 0.4) is 0 Å². The van der Waals surface area contributed by atoms with Crippen LogP contribution in [0.5, 0.6) is 0 Å². The van der Waals surface area contributed by atoms with E-state index in [4.69, 9.17) is 17.3 Å². The Balaban J connectivity index is 3.00. The van der Waals surface area contributed by atoms with Gasteiger partial charge in [-0.3, -0.25) is 15.2 Å². The fourth-order valence-corrected chi connectivity index (χ4v) is 2.30. The molecule has 0 spiro atoms. The summed E-state index contributed by atoms with van der Waals surface area (Å²) in [5, 5.41) is 3.15. The van der Waals surface area contributed by atoms with Crippen molar-refractivity contribution in [2.75, 3.05) is 18.0 Å². The van der Waals surface area contributed by atoms with Crippen LogP contribution in [-0.2, 0) is 6.42 Å². The van der Waals surface area contributed by atoms with Gasteiger partial charge in [-0.25, -0.2) is 4.79 Å². The number of aryl methyl sites for hydroxylation is 1. The van der Waals surface area contributed by atoms with Crippen LogP contribution >= 0.6 is 11.6 Å². The average molecular weight is 311 g/mol. The Labute approximate surface area is 131 Å². The van der Waals surface area contributed by atoms with Crippen LogP contribution in [-0.4, -0.2) is 25.1 Å². The number of nitrogens with one attached hydrogen (secondary N) is 1. The van der Waals surface area contributed by atoms with Gasteiger partial charge in [0.15, 0.2) is 5.96 Å². The van der Waals surface area contributed by atoms with Gasteiger partial charge in [-0.2, -0.15) is 0 Å². The van der Waals surface area contributed by atoms with Crippen LogP contribution in [0.15, 0.2) is 23.2 Å². The maximum Gasteiger partial charge on any atom is 0.328 e. The van der Waals surface area contributed by atoms with E-state index in [0.29, 0.717) is 18.1 Å². The zero-order chi connectivity index (χ0) is 15.8. The fourth-order valence-electron chi connectivity index (χ4n) is 2.00. The summed E-state index contributed by atoms with van der Waals surface area (Å²) < 4.78 is 0. The second-order valence-corrected chi connectivity index (χ2v) is 4.95. The minimum Gasteiger partial charge on any atom is -0.370 e. The molecule has 0 aromatic heterocycles. The molecule has 0 aliphatic rings. The molecule has 5 nitrogen and oxygen atoms in total. The van der Waals surface area contributed by atoms with Crippen molar-refractivity contribution in [1.29, 1.82) is 0 Å². The summed E-state index contributed by atoms with van der Waals surface area (Å²) in [5.74, 6) is 0.130. The third-order valence-electron chi connectivity index (χ3n) is 3.02. The van der Waals surface area contributed by atoms with Crippen molar-refractivity contribution in [1.82, 2.24) is 5.32 Å². The Bertz CT molecular complexity index is 516. The van der Waals surface area contributed by atoms with Crippen molar-refractivity contribution in [3.05, 3.63) is 28.8 Å². The van der Waals surface area contributed by atoms with E-state index in [2.05, 4.69) is 10.3 Å². The van der Waals surface area contributed by atoms with Gasteiger partial charge in [0.25, 0.3) is 0 Å². The molecular weight excluding hydrogens is 288 g/mol. The normalized spacial score (nSPS) is 11.3. The number of aliphatic imine (C=N–C) groups is 1. The van der Waals surface area contributed by atoms with E-state index < -0.39 is 0 Å². The second kappa shape index (κ2) is 8.52. The Hall–Kier alpha value is -1.75. The number of nitrogens with zero attached hydrogens (tertiary/aromatic N) is 2. The van der Waals surface area contributed by atoms with Gasteiger partial charge in [-0.05, 0) is 31.4 Å². The first kappa shape index (κ1) is 17.3. The highest BCUT2D eigenvalue weighted by Gasteiger charge is 2.19. The van der Waals surface area contributed by atoms with Crippen molar-refractivity contribution in [3.63, 3.8) is 0 Å². The number of guanidine groups is 1. The van der Waals surface area contributed by atoms with Crippen LogP contribution in [0.25, 0.3) is 0 Å². The summed E-state index contributed by atoms with van der Waals surface area (Å²) in [5.41, 5.74) is 7.44. The van der Waals surface area contributed by atoms with Crippen LogP contribution in [0.2, 0.25) is 5.02 Å². The Morgan fingerprint density at radius 2 is 2.10 bits per heavy atom. The van der Waals surface area contributed by atoms with Gasteiger partial charge in [0, 0.05) is 13.1 Å². The Morgan fingerprint density at radius 3 is 2.67 bits per heavy atom. The quantitative estimate of drug-likeness (QED) is 0.648. The van der Waals surface area contributed by atoms with Crippen molar-refractivity contribution in [3.8, 4) is 0 Å². The third-order valence-corrected chi connectivity index (χ3v) is 3.33. The first-order valence-corrected chi connectivity index (χ1v) is 7.58. The zero-order valence-corrected chi connectivity index (χ0v) is 13.6. The molecule has 0 fully saturated rings. The number of halogens is 1. The minimum absolute atomic E-state index is 0.130. The molecule has 0 unspecified atom stereocenters. The van der Waals surface area contributed by atoms with Gasteiger partial charge in [-0.15, -0.1) is 0 Å². The van der Waals surface area contributed by atoms with Gasteiger partial charge in [0.2, 0.25) is 0 Å². The number of para-hydroxylation sites is 1. The molecular formula is C15H23ClN4O. The molecule has 0 aliphatic carbocycles. The van der Waals surface area contributed by atoms with Gasteiger partial charge in [0.05, 0.1) is 10.7 Å². The lowest BCUT2D eigenvalue weighted by Crippen LogP contribution is -2.46. The summed E-state index contributed by atoms with van der Waals surface area (Å²) >= 11 is 6.26. The summed E-state index contributed by atoms with van der Waals surface area (Å²) in [6.45, 7) is 6.99. The van der Waals surface area contributed by atoms with Crippen molar-refractivity contribution in [2.45, 2.75) is 33.6 Å². The Kier molecular flexibility index (Phi) is 7.02. The van der Waals surface area contributed by atoms with Gasteiger partial charge in [-0.1, -0.05) is 37.6 Å². The number of carbonyl (C=O) groups is 1. The second-order valence-electron chi connectivity index (χ2n) is 4.54. The summed E-state index contributed by atoms with van der Waals surface area (Å²) in [7, 11) is 0. The smallest absolute Gasteiger partial charge is 0.328 e. The number of carbonyl (C=O) groups excluding carboxylic acids is 1. The van der Waals surface area contributed by atoms with Gasteiger partial charge < -0.3 is 5.73 Å². The van der Waals surface area contributed by atoms with Crippen molar-refractivity contribution < 1.29 is 4.79 Å². The maximum atomic E-state index is 12.4. The molecule has 0 aliphatic heterocycles. The van der Waals surface area contributed by atoms with Crippen LogP contribution in [0.1, 0.15) is 32.8 Å². The molecule has 21 heavy (non-hydrogen) atoms. The number of hydrogen-bond donors (Lipinski definition) is 2. The van der Waals surface area contributed by atoms with Crippen LogP contribution in [0, 0.1) is 0 Å². The monoisotopic (exact) mass is 310 g/mol. The van der Waals surface area contributed by atoms with E-state index in [-0.39, 0.29) is 12.0 Å². The van der Waals surface area contributed by atoms with Gasteiger partial charge in [0.1, 0.15) is 0 Å². The SMILES string of the molecule is CCCN=C(N)NC(=O)N(CC)c1c(Cl)cccc1CC. The molecule has 116 valence electrons. The number of benzene rings is 1.